The normalized spacial score (nSPS) is 11.9. The predicted molar refractivity (Wildman–Crippen MR) is 73.8 cm³/mol. The molecule has 2 nitrogen and oxygen atoms in total. The first-order chi connectivity index (χ1) is 7.94. The van der Waals surface area contributed by atoms with Gasteiger partial charge in [0, 0.05) is 5.54 Å². The van der Waals surface area contributed by atoms with Crippen LogP contribution in [0.3, 0.4) is 0 Å². The molecular weight excluding hydrogens is 210 g/mol. The Balaban J connectivity index is 2.50. The summed E-state index contributed by atoms with van der Waals surface area (Å²) in [7, 11) is 1.99. The quantitative estimate of drug-likeness (QED) is 0.813. The molecule has 0 saturated carbocycles. The standard InChI is InChI=1S/C15H25NO/c1-12(2)13-7-6-8-14(11-13)17-10-9-15(3,4)16-5/h6-8,11-12,16H,9-10H2,1-5H3. The summed E-state index contributed by atoms with van der Waals surface area (Å²) >= 11 is 0. The summed E-state index contributed by atoms with van der Waals surface area (Å²) in [5.41, 5.74) is 1.46. The van der Waals surface area contributed by atoms with Gasteiger partial charge in [-0.1, -0.05) is 26.0 Å². The molecule has 0 atom stereocenters. The van der Waals surface area contributed by atoms with E-state index >= 15 is 0 Å². The van der Waals surface area contributed by atoms with Gasteiger partial charge in [0.05, 0.1) is 6.61 Å². The lowest BCUT2D eigenvalue weighted by atomic mass is 10.0. The van der Waals surface area contributed by atoms with Crippen LogP contribution >= 0.6 is 0 Å². The lowest BCUT2D eigenvalue weighted by molar-refractivity contribution is 0.255. The Morgan fingerprint density at radius 3 is 2.59 bits per heavy atom. The van der Waals surface area contributed by atoms with E-state index in [-0.39, 0.29) is 5.54 Å². The summed E-state index contributed by atoms with van der Waals surface area (Å²) in [6.07, 6.45) is 0.995. The van der Waals surface area contributed by atoms with E-state index in [0.717, 1.165) is 18.8 Å². The summed E-state index contributed by atoms with van der Waals surface area (Å²) in [5.74, 6) is 1.52. The van der Waals surface area contributed by atoms with Crippen LogP contribution in [0, 0.1) is 0 Å². The summed E-state index contributed by atoms with van der Waals surface area (Å²) in [5, 5.41) is 3.28. The van der Waals surface area contributed by atoms with E-state index in [0.29, 0.717) is 5.92 Å². The number of rotatable bonds is 6. The first-order valence-corrected chi connectivity index (χ1v) is 6.36. The van der Waals surface area contributed by atoms with Crippen LogP contribution in [-0.4, -0.2) is 19.2 Å². The topological polar surface area (TPSA) is 21.3 Å². The molecule has 0 fully saturated rings. The van der Waals surface area contributed by atoms with Gasteiger partial charge in [0.15, 0.2) is 0 Å². The lowest BCUT2D eigenvalue weighted by Crippen LogP contribution is -2.37. The molecule has 1 aromatic carbocycles. The van der Waals surface area contributed by atoms with Gasteiger partial charge in [-0.15, -0.1) is 0 Å². The molecule has 0 aliphatic carbocycles. The fourth-order valence-corrected chi connectivity index (χ4v) is 1.51. The molecule has 96 valence electrons. The smallest absolute Gasteiger partial charge is 0.119 e. The van der Waals surface area contributed by atoms with E-state index in [1.807, 2.05) is 13.1 Å². The van der Waals surface area contributed by atoms with E-state index in [1.54, 1.807) is 0 Å². The van der Waals surface area contributed by atoms with E-state index in [9.17, 15) is 0 Å². The maximum atomic E-state index is 5.79. The van der Waals surface area contributed by atoms with Crippen LogP contribution < -0.4 is 10.1 Å². The minimum Gasteiger partial charge on any atom is -0.494 e. The van der Waals surface area contributed by atoms with Gasteiger partial charge in [0.1, 0.15) is 5.75 Å². The molecule has 1 N–H and O–H groups in total. The van der Waals surface area contributed by atoms with Crippen LogP contribution in [0.4, 0.5) is 0 Å². The van der Waals surface area contributed by atoms with Crippen molar-refractivity contribution < 1.29 is 4.74 Å². The molecule has 1 aromatic rings. The zero-order valence-corrected chi connectivity index (χ0v) is 11.7. The Morgan fingerprint density at radius 2 is 2.00 bits per heavy atom. The molecule has 0 saturated heterocycles. The second kappa shape index (κ2) is 6.06. The number of hydrogen-bond acceptors (Lipinski definition) is 2. The maximum Gasteiger partial charge on any atom is 0.119 e. The van der Waals surface area contributed by atoms with Crippen LogP contribution in [0.5, 0.6) is 5.75 Å². The molecule has 0 spiro atoms. The average molecular weight is 235 g/mol. The Hall–Kier alpha value is -1.02. The van der Waals surface area contributed by atoms with Gasteiger partial charge < -0.3 is 10.1 Å². The molecule has 0 bridgehead atoms. The molecule has 2 heteroatoms. The summed E-state index contributed by atoms with van der Waals surface area (Å²) in [4.78, 5) is 0. The summed E-state index contributed by atoms with van der Waals surface area (Å²) < 4.78 is 5.79. The van der Waals surface area contributed by atoms with Gasteiger partial charge in [-0.05, 0) is 50.9 Å². The fraction of sp³-hybridized carbons (Fsp3) is 0.600. The molecule has 0 aromatic heterocycles. The zero-order chi connectivity index (χ0) is 12.9. The highest BCUT2D eigenvalue weighted by Gasteiger charge is 2.14. The lowest BCUT2D eigenvalue weighted by Gasteiger charge is -2.23. The molecule has 0 unspecified atom stereocenters. The Morgan fingerprint density at radius 1 is 1.29 bits per heavy atom. The van der Waals surface area contributed by atoms with Crippen molar-refractivity contribution in [3.8, 4) is 5.75 Å². The van der Waals surface area contributed by atoms with Crippen LogP contribution in [-0.2, 0) is 0 Å². The van der Waals surface area contributed by atoms with E-state index < -0.39 is 0 Å². The van der Waals surface area contributed by atoms with Crippen molar-refractivity contribution in [2.75, 3.05) is 13.7 Å². The summed E-state index contributed by atoms with van der Waals surface area (Å²) in [6, 6.07) is 8.37. The molecule has 17 heavy (non-hydrogen) atoms. The predicted octanol–water partition coefficient (Wildman–Crippen LogP) is 3.58. The highest BCUT2D eigenvalue weighted by Crippen LogP contribution is 2.20. The number of nitrogens with one attached hydrogen (secondary N) is 1. The van der Waals surface area contributed by atoms with Gasteiger partial charge in [0.2, 0.25) is 0 Å². The van der Waals surface area contributed by atoms with Crippen molar-refractivity contribution in [2.24, 2.45) is 0 Å². The third-order valence-electron chi connectivity index (χ3n) is 3.20. The Kier molecular flexibility index (Phi) is 5.01. The minimum absolute atomic E-state index is 0.135. The Labute approximate surface area is 105 Å². The monoisotopic (exact) mass is 235 g/mol. The van der Waals surface area contributed by atoms with Crippen molar-refractivity contribution >= 4 is 0 Å². The molecule has 0 amide bonds. The van der Waals surface area contributed by atoms with Crippen molar-refractivity contribution in [1.82, 2.24) is 5.32 Å². The first kappa shape index (κ1) is 14.0. The molecular formula is C15H25NO. The minimum atomic E-state index is 0.135. The molecule has 0 radical (unpaired) electrons. The second-order valence-corrected chi connectivity index (χ2v) is 5.46. The second-order valence-electron chi connectivity index (χ2n) is 5.46. The van der Waals surface area contributed by atoms with Gasteiger partial charge >= 0.3 is 0 Å². The third-order valence-corrected chi connectivity index (χ3v) is 3.20. The van der Waals surface area contributed by atoms with Crippen LogP contribution in [0.2, 0.25) is 0 Å². The SMILES string of the molecule is CNC(C)(C)CCOc1cccc(C(C)C)c1. The first-order valence-electron chi connectivity index (χ1n) is 6.36. The van der Waals surface area contributed by atoms with Gasteiger partial charge in [-0.25, -0.2) is 0 Å². The zero-order valence-electron chi connectivity index (χ0n) is 11.7. The van der Waals surface area contributed by atoms with E-state index in [4.69, 9.17) is 4.74 Å². The van der Waals surface area contributed by atoms with Crippen LogP contribution in [0.1, 0.15) is 45.6 Å². The van der Waals surface area contributed by atoms with Gasteiger partial charge in [-0.3, -0.25) is 0 Å². The highest BCUT2D eigenvalue weighted by molar-refractivity contribution is 5.30. The third kappa shape index (κ3) is 4.78. The maximum absolute atomic E-state index is 5.79. The van der Waals surface area contributed by atoms with Crippen molar-refractivity contribution in [2.45, 2.75) is 45.6 Å². The van der Waals surface area contributed by atoms with Crippen molar-refractivity contribution in [3.63, 3.8) is 0 Å². The van der Waals surface area contributed by atoms with Gasteiger partial charge in [-0.2, -0.15) is 0 Å². The van der Waals surface area contributed by atoms with Crippen molar-refractivity contribution in [3.05, 3.63) is 29.8 Å². The number of benzene rings is 1. The van der Waals surface area contributed by atoms with E-state index in [2.05, 4.69) is 51.2 Å². The van der Waals surface area contributed by atoms with Gasteiger partial charge in [0.25, 0.3) is 0 Å². The van der Waals surface area contributed by atoms with Crippen LogP contribution in [0.15, 0.2) is 24.3 Å². The van der Waals surface area contributed by atoms with E-state index in [1.165, 1.54) is 5.56 Å². The van der Waals surface area contributed by atoms with Crippen LogP contribution in [0.25, 0.3) is 0 Å². The largest absolute Gasteiger partial charge is 0.494 e. The van der Waals surface area contributed by atoms with Crippen molar-refractivity contribution in [1.29, 1.82) is 0 Å². The number of hydrogen-bond donors (Lipinski definition) is 1. The number of ether oxygens (including phenoxy) is 1. The summed E-state index contributed by atoms with van der Waals surface area (Å²) in [6.45, 7) is 9.50. The molecule has 0 aliphatic rings. The fourth-order valence-electron chi connectivity index (χ4n) is 1.51. The molecule has 0 heterocycles. The highest BCUT2D eigenvalue weighted by atomic mass is 16.5. The molecule has 1 rings (SSSR count). The average Bonchev–Trinajstić information content (AvgIpc) is 2.29. The molecule has 0 aliphatic heterocycles. The Bertz CT molecular complexity index is 345.